The van der Waals surface area contributed by atoms with Crippen molar-refractivity contribution in [3.05, 3.63) is 94.5 Å². The summed E-state index contributed by atoms with van der Waals surface area (Å²) in [5.41, 5.74) is 2.55. The molecule has 0 fully saturated rings. The Labute approximate surface area is 170 Å². The van der Waals surface area contributed by atoms with Crippen LogP contribution in [0.2, 0.25) is 0 Å². The van der Waals surface area contributed by atoms with Crippen molar-refractivity contribution in [1.82, 2.24) is 4.98 Å². The highest BCUT2D eigenvalue weighted by Crippen LogP contribution is 2.38. The fourth-order valence-electron chi connectivity index (χ4n) is 2.85. The zero-order valence-electron chi connectivity index (χ0n) is 15.0. The Morgan fingerprint density at radius 1 is 0.931 bits per heavy atom. The van der Waals surface area contributed by atoms with Crippen molar-refractivity contribution >= 4 is 23.7 Å². The van der Waals surface area contributed by atoms with Crippen LogP contribution in [0.15, 0.2) is 93.4 Å². The molecule has 0 saturated carbocycles. The summed E-state index contributed by atoms with van der Waals surface area (Å²) < 4.78 is 6.04. The van der Waals surface area contributed by atoms with Gasteiger partial charge in [0.1, 0.15) is 5.69 Å². The monoisotopic (exact) mass is 402 g/mol. The second kappa shape index (κ2) is 8.12. The zero-order valence-corrected chi connectivity index (χ0v) is 15.8. The first-order chi connectivity index (χ1) is 14.2. The van der Waals surface area contributed by atoms with Gasteiger partial charge in [0.2, 0.25) is 0 Å². The van der Waals surface area contributed by atoms with Gasteiger partial charge in [-0.1, -0.05) is 60.7 Å². The van der Waals surface area contributed by atoms with Crippen molar-refractivity contribution in [3.8, 4) is 22.6 Å². The van der Waals surface area contributed by atoms with Crippen molar-refractivity contribution < 1.29 is 14.1 Å². The topological polar surface area (TPSA) is 86.2 Å². The minimum absolute atomic E-state index is 0.140. The number of carbonyl (C=O) groups excluding carboxylic acids is 1. The van der Waals surface area contributed by atoms with Crippen LogP contribution in [0.3, 0.4) is 0 Å². The third-order valence-electron chi connectivity index (χ3n) is 4.22. The van der Waals surface area contributed by atoms with E-state index in [1.54, 1.807) is 0 Å². The highest BCUT2D eigenvalue weighted by Gasteiger charge is 2.19. The lowest BCUT2D eigenvalue weighted by atomic mass is 10.1. The van der Waals surface area contributed by atoms with E-state index in [9.17, 15) is 14.9 Å². The zero-order chi connectivity index (χ0) is 20.2. The van der Waals surface area contributed by atoms with Gasteiger partial charge in [-0.3, -0.25) is 14.9 Å². The van der Waals surface area contributed by atoms with Gasteiger partial charge >= 0.3 is 0 Å². The lowest BCUT2D eigenvalue weighted by molar-refractivity contribution is -0.384. The van der Waals surface area contributed by atoms with Crippen LogP contribution in [0.4, 0.5) is 5.69 Å². The molecule has 0 radical (unpaired) electrons. The third kappa shape index (κ3) is 3.95. The van der Waals surface area contributed by atoms with Crippen LogP contribution >= 0.6 is 11.8 Å². The second-order valence-corrected chi connectivity index (χ2v) is 7.08. The fraction of sp³-hybridized carbons (Fsp3) is 0. The predicted octanol–water partition coefficient (Wildman–Crippen LogP) is 5.88. The Hall–Kier alpha value is -3.71. The molecule has 0 saturated heterocycles. The lowest BCUT2D eigenvalue weighted by Gasteiger charge is -2.01. The number of nitrogens with zero attached hydrogens (tertiary/aromatic N) is 2. The molecule has 0 amide bonds. The molecule has 29 heavy (non-hydrogen) atoms. The van der Waals surface area contributed by atoms with Gasteiger partial charge in [0, 0.05) is 33.7 Å². The molecule has 0 bridgehead atoms. The summed E-state index contributed by atoms with van der Waals surface area (Å²) in [6.45, 7) is 0. The summed E-state index contributed by atoms with van der Waals surface area (Å²) in [6, 6.07) is 23.4. The summed E-state index contributed by atoms with van der Waals surface area (Å²) in [7, 11) is 0. The number of hydrogen-bond acceptors (Lipinski definition) is 6. The number of aldehydes is 1. The number of oxazole rings is 1. The molecule has 6 nitrogen and oxygen atoms in total. The van der Waals surface area contributed by atoms with E-state index in [2.05, 4.69) is 4.98 Å². The summed E-state index contributed by atoms with van der Waals surface area (Å²) >= 11 is 1.15. The average Bonchev–Trinajstić information content (AvgIpc) is 3.19. The molecule has 1 aromatic heterocycles. The first kappa shape index (κ1) is 18.6. The van der Waals surface area contributed by atoms with E-state index in [0.717, 1.165) is 22.9 Å². The Morgan fingerprint density at radius 3 is 2.21 bits per heavy atom. The van der Waals surface area contributed by atoms with Crippen molar-refractivity contribution in [2.45, 2.75) is 10.1 Å². The lowest BCUT2D eigenvalue weighted by Crippen LogP contribution is -1.92. The minimum atomic E-state index is -0.534. The van der Waals surface area contributed by atoms with E-state index in [4.69, 9.17) is 4.42 Å². The molecule has 142 valence electrons. The number of hydrogen-bond donors (Lipinski definition) is 0. The first-order valence-corrected chi connectivity index (χ1v) is 9.50. The van der Waals surface area contributed by atoms with E-state index in [1.807, 2.05) is 60.7 Å². The minimum Gasteiger partial charge on any atom is -0.430 e. The molecule has 3 aromatic carbocycles. The third-order valence-corrected chi connectivity index (χ3v) is 5.16. The smallest absolute Gasteiger partial charge is 0.270 e. The maximum Gasteiger partial charge on any atom is 0.270 e. The van der Waals surface area contributed by atoms with Gasteiger partial charge in [0.15, 0.2) is 12.0 Å². The van der Waals surface area contributed by atoms with Gasteiger partial charge in [-0.05, 0) is 17.8 Å². The van der Waals surface area contributed by atoms with Crippen molar-refractivity contribution in [3.63, 3.8) is 0 Å². The van der Waals surface area contributed by atoms with Crippen LogP contribution in [0.25, 0.3) is 22.6 Å². The van der Waals surface area contributed by atoms with Crippen LogP contribution in [0.5, 0.6) is 0 Å². The van der Waals surface area contributed by atoms with Gasteiger partial charge in [-0.25, -0.2) is 4.98 Å². The number of carbonyl (C=O) groups is 1. The summed E-state index contributed by atoms with van der Waals surface area (Å²) in [6.07, 6.45) is 0.592. The molecule has 0 N–H and O–H groups in total. The highest BCUT2D eigenvalue weighted by atomic mass is 32.2. The molecule has 0 spiro atoms. The maximum atomic E-state index is 11.4. The molecular formula is C22H14N2O4S. The fourth-order valence-corrected chi connectivity index (χ4v) is 3.66. The van der Waals surface area contributed by atoms with Crippen LogP contribution in [-0.2, 0) is 0 Å². The largest absolute Gasteiger partial charge is 0.430 e. The molecule has 0 aliphatic carbocycles. The van der Waals surface area contributed by atoms with Gasteiger partial charge in [0.05, 0.1) is 4.92 Å². The van der Waals surface area contributed by atoms with Gasteiger partial charge < -0.3 is 4.42 Å². The SMILES string of the molecule is O=Cc1cc([N+](=O)[O-])ccc1Sc1nc(-c2ccccc2)c(-c2ccccc2)o1. The quantitative estimate of drug-likeness (QED) is 0.227. The molecule has 4 aromatic rings. The Morgan fingerprint density at radius 2 is 1.59 bits per heavy atom. The van der Waals surface area contributed by atoms with Crippen LogP contribution < -0.4 is 0 Å². The molecule has 7 heteroatoms. The van der Waals surface area contributed by atoms with Gasteiger partial charge in [-0.15, -0.1) is 0 Å². The molecule has 0 atom stereocenters. The molecule has 1 heterocycles. The van der Waals surface area contributed by atoms with E-state index in [1.165, 1.54) is 18.2 Å². The van der Waals surface area contributed by atoms with Gasteiger partial charge in [0.25, 0.3) is 10.9 Å². The normalized spacial score (nSPS) is 10.6. The summed E-state index contributed by atoms with van der Waals surface area (Å²) in [5.74, 6) is 0.619. The Kier molecular flexibility index (Phi) is 5.22. The van der Waals surface area contributed by atoms with Crippen LogP contribution in [0.1, 0.15) is 10.4 Å². The molecule has 0 unspecified atom stereocenters. The summed E-state index contributed by atoms with van der Waals surface area (Å²) in [5, 5.41) is 11.3. The average molecular weight is 402 g/mol. The van der Waals surface area contributed by atoms with Crippen LogP contribution in [-0.4, -0.2) is 16.2 Å². The maximum absolute atomic E-state index is 11.4. The number of nitro groups is 1. The number of rotatable bonds is 6. The van der Waals surface area contributed by atoms with Crippen molar-refractivity contribution in [1.29, 1.82) is 0 Å². The number of nitro benzene ring substituents is 1. The highest BCUT2D eigenvalue weighted by molar-refractivity contribution is 7.99. The van der Waals surface area contributed by atoms with Crippen molar-refractivity contribution in [2.75, 3.05) is 0 Å². The molecule has 0 aliphatic rings. The number of non-ortho nitro benzene ring substituents is 1. The van der Waals surface area contributed by atoms with Gasteiger partial charge in [-0.2, -0.15) is 0 Å². The second-order valence-electron chi connectivity index (χ2n) is 6.09. The first-order valence-electron chi connectivity index (χ1n) is 8.69. The van der Waals surface area contributed by atoms with Crippen molar-refractivity contribution in [2.24, 2.45) is 0 Å². The standard InChI is InChI=1S/C22H14N2O4S/c25-14-17-13-18(24(26)27)11-12-19(17)29-22-23-20(15-7-3-1-4-8-15)21(28-22)16-9-5-2-6-10-16/h1-14H. The number of aromatic nitrogens is 1. The Balaban J connectivity index is 1.77. The van der Waals surface area contributed by atoms with Crippen LogP contribution in [0, 0.1) is 10.1 Å². The predicted molar refractivity (Wildman–Crippen MR) is 110 cm³/mol. The Bertz CT molecular complexity index is 1120. The number of benzene rings is 3. The molecule has 4 rings (SSSR count). The molecule has 0 aliphatic heterocycles. The van der Waals surface area contributed by atoms with E-state index in [-0.39, 0.29) is 11.3 Å². The molecular weight excluding hydrogens is 388 g/mol. The van der Waals surface area contributed by atoms with E-state index < -0.39 is 4.92 Å². The van der Waals surface area contributed by atoms with E-state index >= 15 is 0 Å². The van der Waals surface area contributed by atoms with E-state index in [0.29, 0.717) is 27.9 Å². The summed E-state index contributed by atoms with van der Waals surface area (Å²) in [4.78, 5) is 27.0.